The summed E-state index contributed by atoms with van der Waals surface area (Å²) in [6.45, 7) is 5.70. The number of ether oxygens (including phenoxy) is 1. The van der Waals surface area contributed by atoms with Gasteiger partial charge in [-0.2, -0.15) is 0 Å². The molecule has 0 radical (unpaired) electrons. The molecule has 2 aromatic carbocycles. The molecule has 6 rings (SSSR count). The fraction of sp³-hybridized carbons (Fsp3) is 0.312. The number of nitrogens with zero attached hydrogens (tertiary/aromatic N) is 6. The SMILES string of the molecule is CCn1cncc1Cn1c(CN2CCC(Oc3cccc(CSc4ccc(Cl)cc4F)n3)CC2)nc2ccc(C(=O)O)cc21. The minimum atomic E-state index is -0.962. The van der Waals surface area contributed by atoms with Crippen LogP contribution in [0.5, 0.6) is 5.88 Å². The summed E-state index contributed by atoms with van der Waals surface area (Å²) in [7, 11) is 0. The van der Waals surface area contributed by atoms with Crippen molar-refractivity contribution in [3.8, 4) is 5.88 Å². The summed E-state index contributed by atoms with van der Waals surface area (Å²) in [4.78, 5) is 28.5. The summed E-state index contributed by atoms with van der Waals surface area (Å²) in [6.07, 6.45) is 5.36. The van der Waals surface area contributed by atoms with Crippen molar-refractivity contribution in [1.29, 1.82) is 0 Å². The molecular formula is C32H32ClFN6O3S. The van der Waals surface area contributed by atoms with Gasteiger partial charge in [0.15, 0.2) is 0 Å². The molecule has 1 fully saturated rings. The molecular weight excluding hydrogens is 603 g/mol. The van der Waals surface area contributed by atoms with Gasteiger partial charge in [0, 0.05) is 47.6 Å². The van der Waals surface area contributed by atoms with Crippen LogP contribution in [0.4, 0.5) is 4.39 Å². The van der Waals surface area contributed by atoms with Crippen molar-refractivity contribution < 1.29 is 19.0 Å². The largest absolute Gasteiger partial charge is 0.478 e. The number of piperidine rings is 1. The van der Waals surface area contributed by atoms with Crippen molar-refractivity contribution >= 4 is 40.4 Å². The second-order valence-electron chi connectivity index (χ2n) is 10.7. The van der Waals surface area contributed by atoms with Gasteiger partial charge in [-0.25, -0.2) is 24.1 Å². The number of carbonyl (C=O) groups is 1. The van der Waals surface area contributed by atoms with E-state index in [1.54, 1.807) is 30.3 Å². The zero-order valence-corrected chi connectivity index (χ0v) is 25.8. The molecule has 0 aliphatic carbocycles. The van der Waals surface area contributed by atoms with Gasteiger partial charge in [0.2, 0.25) is 5.88 Å². The molecule has 1 saturated heterocycles. The molecule has 12 heteroatoms. The van der Waals surface area contributed by atoms with E-state index in [1.165, 1.54) is 17.8 Å². The standard InChI is InChI=1S/C32H32ClFN6O3S/c1-2-39-20-35-16-24(39)17-40-28-14-21(32(41)42)6-8-27(28)37-30(40)18-38-12-10-25(11-13-38)43-31-5-3-4-23(36-31)19-44-29-9-7-22(33)15-26(29)34/h3-9,14-16,20,25H,2,10-13,17-19H2,1H3,(H,41,42). The predicted octanol–water partition coefficient (Wildman–Crippen LogP) is 6.52. The van der Waals surface area contributed by atoms with Gasteiger partial charge in [0.1, 0.15) is 17.7 Å². The van der Waals surface area contributed by atoms with Crippen LogP contribution < -0.4 is 4.74 Å². The minimum Gasteiger partial charge on any atom is -0.478 e. The molecule has 5 aromatic rings. The van der Waals surface area contributed by atoms with Crippen molar-refractivity contribution in [2.24, 2.45) is 0 Å². The molecule has 3 aromatic heterocycles. The van der Waals surface area contributed by atoms with Gasteiger partial charge in [0.05, 0.1) is 47.4 Å². The van der Waals surface area contributed by atoms with E-state index in [0.717, 1.165) is 60.7 Å². The molecule has 9 nitrogen and oxygen atoms in total. The maximum Gasteiger partial charge on any atom is 0.335 e. The maximum atomic E-state index is 14.2. The Morgan fingerprint density at radius 3 is 2.73 bits per heavy atom. The van der Waals surface area contributed by atoms with Gasteiger partial charge in [0.25, 0.3) is 0 Å². The van der Waals surface area contributed by atoms with E-state index in [4.69, 9.17) is 21.3 Å². The fourth-order valence-electron chi connectivity index (χ4n) is 5.43. The molecule has 0 spiro atoms. The number of carboxylic acid groups (broad SMARTS) is 1. The Morgan fingerprint density at radius 2 is 1.95 bits per heavy atom. The third kappa shape index (κ3) is 6.90. The van der Waals surface area contributed by atoms with Gasteiger partial charge < -0.3 is 19.0 Å². The van der Waals surface area contributed by atoms with E-state index in [-0.39, 0.29) is 17.5 Å². The minimum absolute atomic E-state index is 0.0335. The summed E-state index contributed by atoms with van der Waals surface area (Å²) in [5.74, 6) is 0.671. The lowest BCUT2D eigenvalue weighted by molar-refractivity contribution is 0.0697. The lowest BCUT2D eigenvalue weighted by atomic mass is 10.1. The van der Waals surface area contributed by atoms with Crippen molar-refractivity contribution in [3.63, 3.8) is 0 Å². The number of aromatic nitrogens is 5. The molecule has 1 N–H and O–H groups in total. The number of halogens is 2. The Labute approximate surface area is 263 Å². The number of fused-ring (bicyclic) bond motifs is 1. The Balaban J connectivity index is 1.10. The number of aromatic carboxylic acids is 1. The molecule has 0 bridgehead atoms. The summed E-state index contributed by atoms with van der Waals surface area (Å²) < 4.78 is 24.6. The Bertz CT molecular complexity index is 1790. The topological polar surface area (TPSA) is 98.3 Å². The quantitative estimate of drug-likeness (QED) is 0.164. The lowest BCUT2D eigenvalue weighted by Crippen LogP contribution is -2.38. The lowest BCUT2D eigenvalue weighted by Gasteiger charge is -2.31. The van der Waals surface area contributed by atoms with E-state index in [9.17, 15) is 14.3 Å². The van der Waals surface area contributed by atoms with Crippen LogP contribution in [0.15, 0.2) is 72.0 Å². The van der Waals surface area contributed by atoms with Crippen LogP contribution in [0.1, 0.15) is 47.3 Å². The number of likely N-dealkylation sites (tertiary alicyclic amines) is 1. The van der Waals surface area contributed by atoms with Crippen molar-refractivity contribution in [3.05, 3.63) is 101 Å². The summed E-state index contributed by atoms with van der Waals surface area (Å²) in [5, 5.41) is 9.97. The number of thioether (sulfide) groups is 1. The average Bonchev–Trinajstić information content (AvgIpc) is 3.61. The van der Waals surface area contributed by atoms with Gasteiger partial charge in [-0.3, -0.25) is 4.90 Å². The highest BCUT2D eigenvalue weighted by Gasteiger charge is 2.24. The number of hydrogen-bond donors (Lipinski definition) is 1. The highest BCUT2D eigenvalue weighted by molar-refractivity contribution is 7.98. The summed E-state index contributed by atoms with van der Waals surface area (Å²) in [6, 6.07) is 15.4. The number of pyridine rings is 1. The van der Waals surface area contributed by atoms with E-state index in [2.05, 4.69) is 30.9 Å². The zero-order chi connectivity index (χ0) is 30.6. The molecule has 0 saturated carbocycles. The van der Waals surface area contributed by atoms with Crippen LogP contribution in [0.2, 0.25) is 5.02 Å². The number of imidazole rings is 2. The van der Waals surface area contributed by atoms with Crippen LogP contribution in [0.3, 0.4) is 0 Å². The van der Waals surface area contributed by atoms with Crippen LogP contribution in [0, 0.1) is 5.82 Å². The second-order valence-corrected chi connectivity index (χ2v) is 12.2. The van der Waals surface area contributed by atoms with E-state index >= 15 is 0 Å². The van der Waals surface area contributed by atoms with Gasteiger partial charge in [-0.1, -0.05) is 17.7 Å². The average molecular weight is 635 g/mol. The van der Waals surface area contributed by atoms with Crippen molar-refractivity contribution in [2.75, 3.05) is 13.1 Å². The first-order chi connectivity index (χ1) is 21.4. The van der Waals surface area contributed by atoms with Crippen LogP contribution in [-0.2, 0) is 25.4 Å². The molecule has 4 heterocycles. The Morgan fingerprint density at radius 1 is 1.11 bits per heavy atom. The molecule has 0 atom stereocenters. The Hall–Kier alpha value is -3.93. The van der Waals surface area contributed by atoms with E-state index in [0.29, 0.717) is 34.6 Å². The predicted molar refractivity (Wildman–Crippen MR) is 168 cm³/mol. The first kappa shape index (κ1) is 30.1. The molecule has 1 aliphatic heterocycles. The molecule has 44 heavy (non-hydrogen) atoms. The second kappa shape index (κ2) is 13.4. The van der Waals surface area contributed by atoms with Crippen LogP contribution in [0.25, 0.3) is 11.0 Å². The monoisotopic (exact) mass is 634 g/mol. The number of benzene rings is 2. The molecule has 0 unspecified atom stereocenters. The van der Waals surface area contributed by atoms with Crippen molar-refractivity contribution in [1.82, 2.24) is 29.0 Å². The number of hydrogen-bond acceptors (Lipinski definition) is 7. The van der Waals surface area contributed by atoms with Gasteiger partial charge in [-0.05, 0) is 62.2 Å². The molecule has 1 aliphatic rings. The normalized spacial score (nSPS) is 14.3. The maximum absolute atomic E-state index is 14.2. The van der Waals surface area contributed by atoms with Crippen LogP contribution in [-0.4, -0.2) is 59.3 Å². The Kier molecular flexibility index (Phi) is 9.15. The van der Waals surface area contributed by atoms with Crippen LogP contribution >= 0.6 is 23.4 Å². The third-order valence-corrected chi connectivity index (χ3v) is 9.09. The first-order valence-electron chi connectivity index (χ1n) is 14.5. The number of rotatable bonds is 11. The molecule has 0 amide bonds. The summed E-state index contributed by atoms with van der Waals surface area (Å²) >= 11 is 7.24. The van der Waals surface area contributed by atoms with E-state index in [1.807, 2.05) is 30.7 Å². The highest BCUT2D eigenvalue weighted by Crippen LogP contribution is 2.28. The first-order valence-corrected chi connectivity index (χ1v) is 15.9. The third-order valence-electron chi connectivity index (χ3n) is 7.77. The highest BCUT2D eigenvalue weighted by atomic mass is 35.5. The van der Waals surface area contributed by atoms with Crippen molar-refractivity contribution in [2.45, 2.75) is 56.2 Å². The summed E-state index contributed by atoms with van der Waals surface area (Å²) in [5.41, 5.74) is 3.65. The fourth-order valence-corrected chi connectivity index (χ4v) is 6.42. The number of carboxylic acids is 1. The number of aryl methyl sites for hydroxylation is 1. The van der Waals surface area contributed by atoms with Gasteiger partial charge in [-0.15, -0.1) is 11.8 Å². The van der Waals surface area contributed by atoms with Gasteiger partial charge >= 0.3 is 5.97 Å². The smallest absolute Gasteiger partial charge is 0.335 e. The van der Waals surface area contributed by atoms with E-state index < -0.39 is 5.97 Å². The zero-order valence-electron chi connectivity index (χ0n) is 24.2. The molecule has 228 valence electrons.